The molecular weight excluding hydrogens is 262 g/mol. The molecule has 1 fully saturated rings. The van der Waals surface area contributed by atoms with Gasteiger partial charge in [-0.1, -0.05) is 43.7 Å². The third-order valence-corrected chi connectivity index (χ3v) is 4.29. The quantitative estimate of drug-likeness (QED) is 0.872. The Labute approximate surface area is 128 Å². The molecule has 1 aliphatic rings. The Bertz CT molecular complexity index is 460. The summed E-state index contributed by atoms with van der Waals surface area (Å²) in [5, 5.41) is 3.51. The third kappa shape index (κ3) is 3.63. The zero-order chi connectivity index (χ0) is 15.4. The molecule has 1 aliphatic heterocycles. The van der Waals surface area contributed by atoms with Crippen LogP contribution in [0.25, 0.3) is 0 Å². The summed E-state index contributed by atoms with van der Waals surface area (Å²) in [6.45, 7) is 5.03. The minimum atomic E-state index is -0.0467. The van der Waals surface area contributed by atoms with Crippen molar-refractivity contribution in [2.24, 2.45) is 0 Å². The maximum absolute atomic E-state index is 12.7. The van der Waals surface area contributed by atoms with E-state index in [0.717, 1.165) is 24.9 Å². The fourth-order valence-electron chi connectivity index (χ4n) is 2.73. The molecule has 4 nitrogen and oxygen atoms in total. The number of hydrogen-bond donors (Lipinski definition) is 1. The van der Waals surface area contributed by atoms with Crippen molar-refractivity contribution >= 4 is 5.91 Å². The van der Waals surface area contributed by atoms with Crippen molar-refractivity contribution in [3.8, 4) is 0 Å². The molecule has 4 heteroatoms. The summed E-state index contributed by atoms with van der Waals surface area (Å²) < 4.78 is 0. The molecule has 0 aromatic heterocycles. The summed E-state index contributed by atoms with van der Waals surface area (Å²) in [4.78, 5) is 16.8. The monoisotopic (exact) mass is 289 g/mol. The molecule has 0 spiro atoms. The highest BCUT2D eigenvalue weighted by atomic mass is 16.2. The molecule has 2 rings (SSSR count). The Morgan fingerprint density at radius 1 is 1.29 bits per heavy atom. The number of carbonyl (C=O) groups excluding carboxylic acids is 1. The second kappa shape index (κ2) is 7.05. The summed E-state index contributed by atoms with van der Waals surface area (Å²) in [7, 11) is 4.11. The van der Waals surface area contributed by atoms with Crippen LogP contribution in [-0.4, -0.2) is 48.4 Å². The maximum atomic E-state index is 12.7. The van der Waals surface area contributed by atoms with Gasteiger partial charge in [0.2, 0.25) is 5.91 Å². The first-order valence-corrected chi connectivity index (χ1v) is 7.82. The number of amides is 1. The average molecular weight is 289 g/mol. The molecule has 0 radical (unpaired) electrons. The molecule has 3 atom stereocenters. The molecule has 1 N–H and O–H groups in total. The lowest BCUT2D eigenvalue weighted by atomic mass is 10.1. The van der Waals surface area contributed by atoms with Crippen LogP contribution in [0.15, 0.2) is 30.3 Å². The van der Waals surface area contributed by atoms with Crippen LogP contribution >= 0.6 is 0 Å². The molecule has 0 saturated carbocycles. The molecule has 3 unspecified atom stereocenters. The highest BCUT2D eigenvalue weighted by Crippen LogP contribution is 2.27. The van der Waals surface area contributed by atoms with E-state index in [1.54, 1.807) is 0 Å². The van der Waals surface area contributed by atoms with Gasteiger partial charge < -0.3 is 9.80 Å². The van der Waals surface area contributed by atoms with Gasteiger partial charge >= 0.3 is 0 Å². The highest BCUT2D eigenvalue weighted by molar-refractivity contribution is 5.84. The number of nitrogens with zero attached hydrogens (tertiary/aromatic N) is 2. The summed E-state index contributed by atoms with van der Waals surface area (Å²) in [6.07, 6.45) is 1.91. The fourth-order valence-corrected chi connectivity index (χ4v) is 2.73. The Kier molecular flexibility index (Phi) is 5.37. The van der Waals surface area contributed by atoms with Gasteiger partial charge in [0.15, 0.2) is 0 Å². The predicted octanol–water partition coefficient (Wildman–Crippen LogP) is 2.24. The van der Waals surface area contributed by atoms with Gasteiger partial charge in [-0.05, 0) is 33.0 Å². The van der Waals surface area contributed by atoms with Crippen LogP contribution in [0.5, 0.6) is 0 Å². The molecule has 1 saturated heterocycles. The van der Waals surface area contributed by atoms with Crippen molar-refractivity contribution < 1.29 is 4.79 Å². The Hall–Kier alpha value is -1.39. The maximum Gasteiger partial charge on any atom is 0.241 e. The summed E-state index contributed by atoms with van der Waals surface area (Å²) in [5.41, 5.74) is 1.16. The smallest absolute Gasteiger partial charge is 0.241 e. The van der Waals surface area contributed by atoms with Gasteiger partial charge in [-0.15, -0.1) is 0 Å². The number of rotatable bonds is 6. The van der Waals surface area contributed by atoms with E-state index in [0.29, 0.717) is 6.04 Å². The van der Waals surface area contributed by atoms with Crippen LogP contribution in [0.2, 0.25) is 0 Å². The zero-order valence-electron chi connectivity index (χ0n) is 13.5. The van der Waals surface area contributed by atoms with E-state index in [2.05, 4.69) is 50.3 Å². The number of carbonyl (C=O) groups is 1. The van der Waals surface area contributed by atoms with Crippen LogP contribution in [0.4, 0.5) is 0 Å². The van der Waals surface area contributed by atoms with Gasteiger partial charge in [0, 0.05) is 12.6 Å². The second-order valence-electron chi connectivity index (χ2n) is 6.12. The summed E-state index contributed by atoms with van der Waals surface area (Å²) in [5.74, 6) is 0.236. The van der Waals surface area contributed by atoms with Gasteiger partial charge in [-0.3, -0.25) is 10.1 Å². The SMILES string of the molecule is CCCC1NC(c2ccccc2)N(CC(C)N(C)C)C1=O. The largest absolute Gasteiger partial charge is 0.320 e. The Morgan fingerprint density at radius 3 is 2.52 bits per heavy atom. The molecule has 116 valence electrons. The van der Waals surface area contributed by atoms with Gasteiger partial charge in [0.1, 0.15) is 6.17 Å². The molecule has 1 amide bonds. The molecule has 1 aromatic carbocycles. The van der Waals surface area contributed by atoms with E-state index < -0.39 is 0 Å². The predicted molar refractivity (Wildman–Crippen MR) is 85.9 cm³/mol. The summed E-state index contributed by atoms with van der Waals surface area (Å²) in [6, 6.07) is 10.5. The van der Waals surface area contributed by atoms with Gasteiger partial charge in [-0.25, -0.2) is 0 Å². The lowest BCUT2D eigenvalue weighted by Crippen LogP contribution is -2.41. The van der Waals surface area contributed by atoms with E-state index in [-0.39, 0.29) is 18.1 Å². The number of benzene rings is 1. The molecular formula is C17H27N3O. The topological polar surface area (TPSA) is 35.6 Å². The number of nitrogens with one attached hydrogen (secondary N) is 1. The first kappa shape index (κ1) is 16.0. The van der Waals surface area contributed by atoms with Crippen molar-refractivity contribution in [2.75, 3.05) is 20.6 Å². The first-order chi connectivity index (χ1) is 10.0. The molecule has 0 aliphatic carbocycles. The van der Waals surface area contributed by atoms with E-state index in [1.165, 1.54) is 0 Å². The molecule has 0 bridgehead atoms. The van der Waals surface area contributed by atoms with Crippen LogP contribution in [0.1, 0.15) is 38.4 Å². The van der Waals surface area contributed by atoms with Gasteiger partial charge in [0.25, 0.3) is 0 Å². The van der Waals surface area contributed by atoms with Gasteiger partial charge in [-0.2, -0.15) is 0 Å². The normalized spacial score (nSPS) is 23.9. The molecule has 21 heavy (non-hydrogen) atoms. The minimum Gasteiger partial charge on any atom is -0.320 e. The average Bonchev–Trinajstić information content (AvgIpc) is 2.78. The van der Waals surface area contributed by atoms with Crippen LogP contribution in [-0.2, 0) is 4.79 Å². The number of likely N-dealkylation sites (N-methyl/N-ethyl adjacent to an activating group) is 1. The lowest BCUT2D eigenvalue weighted by Gasteiger charge is -2.30. The Balaban J connectivity index is 2.21. The van der Waals surface area contributed by atoms with Crippen molar-refractivity contribution in [1.82, 2.24) is 15.1 Å². The van der Waals surface area contributed by atoms with Crippen LogP contribution in [0, 0.1) is 0 Å². The van der Waals surface area contributed by atoms with Crippen LogP contribution in [0.3, 0.4) is 0 Å². The van der Waals surface area contributed by atoms with Crippen molar-refractivity contribution in [3.05, 3.63) is 35.9 Å². The van der Waals surface area contributed by atoms with Crippen molar-refractivity contribution in [3.63, 3.8) is 0 Å². The minimum absolute atomic E-state index is 0.00218. The van der Waals surface area contributed by atoms with Crippen molar-refractivity contribution in [1.29, 1.82) is 0 Å². The number of hydrogen-bond acceptors (Lipinski definition) is 3. The van der Waals surface area contributed by atoms with Crippen LogP contribution < -0.4 is 5.32 Å². The lowest BCUT2D eigenvalue weighted by molar-refractivity contribution is -0.130. The van der Waals surface area contributed by atoms with Gasteiger partial charge in [0.05, 0.1) is 6.04 Å². The Morgan fingerprint density at radius 2 is 1.95 bits per heavy atom. The van der Waals surface area contributed by atoms with E-state index in [4.69, 9.17) is 0 Å². The standard InChI is InChI=1S/C17H27N3O/c1-5-9-15-17(21)20(12-13(2)19(3)4)16(18-15)14-10-7-6-8-11-14/h6-8,10-11,13,15-16,18H,5,9,12H2,1-4H3. The first-order valence-electron chi connectivity index (χ1n) is 7.82. The van der Waals surface area contributed by atoms with E-state index in [9.17, 15) is 4.79 Å². The molecule has 1 heterocycles. The van der Waals surface area contributed by atoms with E-state index in [1.807, 2.05) is 23.1 Å². The van der Waals surface area contributed by atoms with E-state index >= 15 is 0 Å². The highest BCUT2D eigenvalue weighted by Gasteiger charge is 2.39. The zero-order valence-corrected chi connectivity index (χ0v) is 13.5. The van der Waals surface area contributed by atoms with Crippen molar-refractivity contribution in [2.45, 2.75) is 44.9 Å². The summed E-state index contributed by atoms with van der Waals surface area (Å²) >= 11 is 0. The molecule has 1 aromatic rings. The third-order valence-electron chi connectivity index (χ3n) is 4.29. The second-order valence-corrected chi connectivity index (χ2v) is 6.12. The fraction of sp³-hybridized carbons (Fsp3) is 0.588.